The number of ether oxygens (including phenoxy) is 1. The first-order valence-electron chi connectivity index (χ1n) is 8.46. The number of rotatable bonds is 7. The number of sulfone groups is 1. The first-order chi connectivity index (χ1) is 13.9. The summed E-state index contributed by atoms with van der Waals surface area (Å²) in [6.07, 6.45) is 1.33. The summed E-state index contributed by atoms with van der Waals surface area (Å²) in [7, 11) is -2.14. The van der Waals surface area contributed by atoms with Crippen LogP contribution in [0, 0.1) is 0 Å². The normalized spacial score (nSPS) is 11.5. The molecule has 1 aromatic heterocycles. The molecular formula is C20H18N2O6S. The number of amides is 1. The number of carbonyl (C=O) groups is 1. The highest BCUT2D eigenvalue weighted by atomic mass is 32.2. The molecule has 150 valence electrons. The maximum absolute atomic E-state index is 12.4. The van der Waals surface area contributed by atoms with E-state index in [-0.39, 0.29) is 27.9 Å². The van der Waals surface area contributed by atoms with Crippen molar-refractivity contribution in [2.75, 3.05) is 7.11 Å². The SMILES string of the molecule is COc1ccc(/C=N\NC(=O)c2ccc(CS(=O)(=O)c3ccccc3)o2)cc1O. The van der Waals surface area contributed by atoms with Crippen LogP contribution >= 0.6 is 0 Å². The Labute approximate surface area is 167 Å². The third kappa shape index (κ3) is 5.02. The fraction of sp³-hybridized carbons (Fsp3) is 0.100. The Morgan fingerprint density at radius 2 is 1.93 bits per heavy atom. The number of benzene rings is 2. The molecule has 1 amide bonds. The minimum atomic E-state index is -3.58. The lowest BCUT2D eigenvalue weighted by atomic mass is 10.2. The lowest BCUT2D eigenvalue weighted by Gasteiger charge is -2.03. The summed E-state index contributed by atoms with van der Waals surface area (Å²) < 4.78 is 35.0. The topological polar surface area (TPSA) is 118 Å². The van der Waals surface area contributed by atoms with Crippen LogP contribution in [0.25, 0.3) is 0 Å². The van der Waals surface area contributed by atoms with Crippen molar-refractivity contribution in [3.63, 3.8) is 0 Å². The van der Waals surface area contributed by atoms with E-state index in [0.717, 1.165) is 0 Å². The highest BCUT2D eigenvalue weighted by molar-refractivity contribution is 7.90. The van der Waals surface area contributed by atoms with Crippen molar-refractivity contribution in [3.8, 4) is 11.5 Å². The van der Waals surface area contributed by atoms with Gasteiger partial charge in [-0.05, 0) is 48.0 Å². The molecule has 0 spiro atoms. The van der Waals surface area contributed by atoms with Crippen molar-refractivity contribution in [3.05, 3.63) is 77.7 Å². The van der Waals surface area contributed by atoms with E-state index in [1.54, 1.807) is 30.3 Å². The van der Waals surface area contributed by atoms with Crippen LogP contribution in [0.15, 0.2) is 75.1 Å². The van der Waals surface area contributed by atoms with Gasteiger partial charge in [0.05, 0.1) is 18.2 Å². The molecule has 3 rings (SSSR count). The molecule has 0 bridgehead atoms. The summed E-state index contributed by atoms with van der Waals surface area (Å²) in [6.45, 7) is 0. The predicted molar refractivity (Wildman–Crippen MR) is 106 cm³/mol. The summed E-state index contributed by atoms with van der Waals surface area (Å²) in [4.78, 5) is 12.3. The van der Waals surface area contributed by atoms with E-state index in [0.29, 0.717) is 11.3 Å². The van der Waals surface area contributed by atoms with Crippen molar-refractivity contribution in [1.29, 1.82) is 0 Å². The summed E-state index contributed by atoms with van der Waals surface area (Å²) in [5.74, 6) is -0.667. The van der Waals surface area contributed by atoms with Crippen LogP contribution in [0.2, 0.25) is 0 Å². The van der Waals surface area contributed by atoms with Gasteiger partial charge in [0, 0.05) is 0 Å². The van der Waals surface area contributed by atoms with Gasteiger partial charge in [-0.15, -0.1) is 0 Å². The van der Waals surface area contributed by atoms with Crippen molar-refractivity contribution < 1.29 is 27.5 Å². The summed E-state index contributed by atoms with van der Waals surface area (Å²) in [6, 6.07) is 15.4. The summed E-state index contributed by atoms with van der Waals surface area (Å²) in [5, 5.41) is 13.5. The standard InChI is InChI=1S/C20H18N2O6S/c1-27-18-9-7-14(11-17(18)23)12-21-22-20(24)19-10-8-15(28-19)13-29(25,26)16-5-3-2-4-6-16/h2-12,23H,13H2,1H3,(H,22,24)/b21-12-. The Bertz CT molecular complexity index is 1140. The van der Waals surface area contributed by atoms with Crippen molar-refractivity contribution in [2.45, 2.75) is 10.6 Å². The second-order valence-corrected chi connectivity index (χ2v) is 7.96. The molecule has 2 N–H and O–H groups in total. The molecule has 0 atom stereocenters. The Balaban J connectivity index is 1.63. The Morgan fingerprint density at radius 3 is 2.62 bits per heavy atom. The van der Waals surface area contributed by atoms with Crippen molar-refractivity contribution in [2.24, 2.45) is 5.10 Å². The molecule has 0 aliphatic rings. The molecule has 8 nitrogen and oxygen atoms in total. The number of nitrogens with zero attached hydrogens (tertiary/aromatic N) is 1. The number of hydrogen-bond acceptors (Lipinski definition) is 7. The van der Waals surface area contributed by atoms with Gasteiger partial charge in [-0.3, -0.25) is 4.79 Å². The van der Waals surface area contributed by atoms with E-state index >= 15 is 0 Å². The minimum absolute atomic E-state index is 0.0573. The molecule has 9 heteroatoms. The van der Waals surface area contributed by atoms with Crippen LogP contribution in [0.4, 0.5) is 0 Å². The number of phenolic OH excluding ortho intramolecular Hbond substituents is 1. The number of hydrazone groups is 1. The zero-order valence-electron chi connectivity index (χ0n) is 15.4. The molecule has 0 aliphatic carbocycles. The molecule has 0 saturated carbocycles. The van der Waals surface area contributed by atoms with Crippen molar-refractivity contribution in [1.82, 2.24) is 5.43 Å². The van der Waals surface area contributed by atoms with Gasteiger partial charge >= 0.3 is 5.91 Å². The zero-order valence-corrected chi connectivity index (χ0v) is 16.2. The first kappa shape index (κ1) is 20.2. The maximum Gasteiger partial charge on any atom is 0.307 e. The van der Waals surface area contributed by atoms with Gasteiger partial charge < -0.3 is 14.3 Å². The second kappa shape index (κ2) is 8.61. The minimum Gasteiger partial charge on any atom is -0.504 e. The molecule has 0 unspecified atom stereocenters. The Hall–Kier alpha value is -3.59. The fourth-order valence-electron chi connectivity index (χ4n) is 2.48. The average molecular weight is 414 g/mol. The van der Waals surface area contributed by atoms with Crippen LogP contribution in [0.1, 0.15) is 21.9 Å². The number of methoxy groups -OCH3 is 1. The molecule has 2 aromatic carbocycles. The quantitative estimate of drug-likeness (QED) is 0.453. The van der Waals surface area contributed by atoms with Crippen LogP contribution < -0.4 is 10.2 Å². The summed E-state index contributed by atoms with van der Waals surface area (Å²) >= 11 is 0. The van der Waals surface area contributed by atoms with E-state index in [2.05, 4.69) is 10.5 Å². The summed E-state index contributed by atoms with van der Waals surface area (Å²) in [5.41, 5.74) is 2.82. The van der Waals surface area contributed by atoms with Crippen LogP contribution in [-0.4, -0.2) is 32.8 Å². The average Bonchev–Trinajstić information content (AvgIpc) is 3.16. The largest absolute Gasteiger partial charge is 0.504 e. The van der Waals surface area contributed by atoms with Gasteiger partial charge in [-0.2, -0.15) is 5.10 Å². The van der Waals surface area contributed by atoms with Crippen LogP contribution in [0.3, 0.4) is 0 Å². The second-order valence-electron chi connectivity index (χ2n) is 5.97. The molecule has 3 aromatic rings. The third-order valence-corrected chi connectivity index (χ3v) is 5.56. The lowest BCUT2D eigenvalue weighted by molar-refractivity contribution is 0.0926. The van der Waals surface area contributed by atoms with Gasteiger partial charge in [-0.25, -0.2) is 13.8 Å². The van der Waals surface area contributed by atoms with Crippen molar-refractivity contribution >= 4 is 22.0 Å². The fourth-order valence-corrected chi connectivity index (χ4v) is 3.75. The number of furan rings is 1. The predicted octanol–water partition coefficient (Wildman–Crippen LogP) is 2.73. The molecule has 1 heterocycles. The van der Waals surface area contributed by atoms with E-state index in [4.69, 9.17) is 9.15 Å². The number of phenols is 1. The van der Waals surface area contributed by atoms with Gasteiger partial charge in [0.25, 0.3) is 0 Å². The van der Waals surface area contributed by atoms with Gasteiger partial charge in [0.1, 0.15) is 11.5 Å². The van der Waals surface area contributed by atoms with Crippen LogP contribution in [-0.2, 0) is 15.6 Å². The number of nitrogens with one attached hydrogen (secondary N) is 1. The Kier molecular flexibility index (Phi) is 5.99. The van der Waals surface area contributed by atoms with Gasteiger partial charge in [-0.1, -0.05) is 18.2 Å². The third-order valence-electron chi connectivity index (χ3n) is 3.90. The molecule has 0 radical (unpaired) electrons. The lowest BCUT2D eigenvalue weighted by Crippen LogP contribution is -2.16. The van der Waals surface area contributed by atoms with E-state index in [1.807, 2.05) is 0 Å². The molecular weight excluding hydrogens is 396 g/mol. The highest BCUT2D eigenvalue weighted by Gasteiger charge is 2.19. The monoisotopic (exact) mass is 414 g/mol. The highest BCUT2D eigenvalue weighted by Crippen LogP contribution is 2.25. The van der Waals surface area contributed by atoms with Gasteiger partial charge in [0.2, 0.25) is 0 Å². The van der Waals surface area contributed by atoms with E-state index < -0.39 is 15.7 Å². The smallest absolute Gasteiger partial charge is 0.307 e. The Morgan fingerprint density at radius 1 is 1.17 bits per heavy atom. The number of aromatic hydroxyl groups is 1. The van der Waals surface area contributed by atoms with Crippen LogP contribution in [0.5, 0.6) is 11.5 Å². The van der Waals surface area contributed by atoms with E-state index in [1.165, 1.54) is 43.7 Å². The molecule has 0 fully saturated rings. The molecule has 0 saturated heterocycles. The first-order valence-corrected chi connectivity index (χ1v) is 10.1. The number of carbonyl (C=O) groups excluding carboxylic acids is 1. The zero-order chi connectivity index (χ0) is 20.9. The maximum atomic E-state index is 12.4. The molecule has 0 aliphatic heterocycles. The van der Waals surface area contributed by atoms with E-state index in [9.17, 15) is 18.3 Å². The number of hydrogen-bond donors (Lipinski definition) is 2. The molecule has 29 heavy (non-hydrogen) atoms. The van der Waals surface area contributed by atoms with Gasteiger partial charge in [0.15, 0.2) is 27.1 Å².